The molecule has 2 heterocycles. The van der Waals surface area contributed by atoms with Gasteiger partial charge < -0.3 is 15.5 Å². The van der Waals surface area contributed by atoms with Crippen molar-refractivity contribution in [2.45, 2.75) is 0 Å². The Morgan fingerprint density at radius 3 is 2.72 bits per heavy atom. The van der Waals surface area contributed by atoms with Crippen LogP contribution in [0, 0.1) is 5.82 Å². The molecule has 3 N–H and O–H groups in total. The molecule has 4 aromatic rings. The highest BCUT2D eigenvalue weighted by molar-refractivity contribution is 6.19. The maximum absolute atomic E-state index is 14.4. The van der Waals surface area contributed by atoms with Crippen molar-refractivity contribution in [3.05, 3.63) is 60.2 Å². The Kier molecular flexibility index (Phi) is 3.39. The summed E-state index contributed by atoms with van der Waals surface area (Å²) in [6.07, 6.45) is 1.48. The summed E-state index contributed by atoms with van der Waals surface area (Å²) < 4.78 is 19.7. The number of methoxy groups -OCH3 is 1. The van der Waals surface area contributed by atoms with Gasteiger partial charge in [0.1, 0.15) is 11.6 Å². The number of ether oxygens (including phenoxy) is 1. The van der Waals surface area contributed by atoms with Crippen molar-refractivity contribution in [2.75, 3.05) is 7.11 Å². The van der Waals surface area contributed by atoms with Crippen LogP contribution >= 0.6 is 0 Å². The highest BCUT2D eigenvalue weighted by Crippen LogP contribution is 2.37. The average molecular weight is 335 g/mol. The molecule has 0 spiro atoms. The molecule has 1 amide bonds. The van der Waals surface area contributed by atoms with Crippen molar-refractivity contribution in [3.63, 3.8) is 0 Å². The first-order chi connectivity index (χ1) is 12.1. The normalized spacial score (nSPS) is 11.1. The van der Waals surface area contributed by atoms with E-state index < -0.39 is 5.91 Å². The number of fused-ring (bicyclic) bond motifs is 3. The first kappa shape index (κ1) is 15.1. The Morgan fingerprint density at radius 2 is 2.00 bits per heavy atom. The third-order valence-corrected chi connectivity index (χ3v) is 4.23. The minimum Gasteiger partial charge on any atom is -0.497 e. The van der Waals surface area contributed by atoms with Gasteiger partial charge in [-0.2, -0.15) is 0 Å². The van der Waals surface area contributed by atoms with Crippen LogP contribution in [-0.4, -0.2) is 23.0 Å². The van der Waals surface area contributed by atoms with E-state index in [0.717, 1.165) is 10.9 Å². The van der Waals surface area contributed by atoms with Gasteiger partial charge in [0.05, 0.1) is 12.6 Å². The number of nitrogens with zero attached hydrogens (tertiary/aromatic N) is 1. The highest BCUT2D eigenvalue weighted by atomic mass is 19.1. The van der Waals surface area contributed by atoms with Gasteiger partial charge in [-0.1, -0.05) is 18.2 Å². The predicted octanol–water partition coefficient (Wildman–Crippen LogP) is 3.63. The summed E-state index contributed by atoms with van der Waals surface area (Å²) in [5.74, 6) is -0.358. The number of hydrogen-bond donors (Lipinski definition) is 2. The van der Waals surface area contributed by atoms with E-state index in [2.05, 4.69) is 9.97 Å². The van der Waals surface area contributed by atoms with Crippen LogP contribution in [0.1, 0.15) is 10.5 Å². The van der Waals surface area contributed by atoms with E-state index >= 15 is 0 Å². The van der Waals surface area contributed by atoms with Crippen molar-refractivity contribution in [3.8, 4) is 16.9 Å². The van der Waals surface area contributed by atoms with E-state index in [9.17, 15) is 9.18 Å². The van der Waals surface area contributed by atoms with E-state index in [1.165, 1.54) is 12.3 Å². The Hall–Kier alpha value is -3.41. The van der Waals surface area contributed by atoms with Crippen molar-refractivity contribution in [2.24, 2.45) is 5.73 Å². The minimum absolute atomic E-state index is 0.116. The summed E-state index contributed by atoms with van der Waals surface area (Å²) in [6, 6.07) is 11.9. The topological polar surface area (TPSA) is 81.0 Å². The zero-order chi connectivity index (χ0) is 17.6. The van der Waals surface area contributed by atoms with E-state index in [-0.39, 0.29) is 11.5 Å². The molecule has 2 aromatic heterocycles. The summed E-state index contributed by atoms with van der Waals surface area (Å²) >= 11 is 0. The van der Waals surface area contributed by atoms with E-state index in [1.54, 1.807) is 31.4 Å². The van der Waals surface area contributed by atoms with Crippen molar-refractivity contribution >= 4 is 27.7 Å². The molecular weight excluding hydrogens is 321 g/mol. The number of halogens is 1. The van der Waals surface area contributed by atoms with Crippen LogP contribution in [0.3, 0.4) is 0 Å². The van der Waals surface area contributed by atoms with E-state index in [1.807, 2.05) is 12.1 Å². The molecule has 0 aliphatic rings. The lowest BCUT2D eigenvalue weighted by atomic mass is 10.00. The lowest BCUT2D eigenvalue weighted by Gasteiger charge is -2.07. The Morgan fingerprint density at radius 1 is 1.20 bits per heavy atom. The molecule has 4 rings (SSSR count). The molecule has 2 aromatic carbocycles. The van der Waals surface area contributed by atoms with Crippen LogP contribution in [-0.2, 0) is 0 Å². The van der Waals surface area contributed by atoms with Gasteiger partial charge in [-0.25, -0.2) is 9.37 Å². The molecule has 0 aliphatic carbocycles. The molecule has 0 atom stereocenters. The Labute approximate surface area is 142 Å². The molecule has 0 saturated carbocycles. The molecule has 0 fully saturated rings. The largest absolute Gasteiger partial charge is 0.497 e. The van der Waals surface area contributed by atoms with Crippen molar-refractivity contribution < 1.29 is 13.9 Å². The predicted molar refractivity (Wildman–Crippen MR) is 94.1 cm³/mol. The number of nitrogens with one attached hydrogen (secondary N) is 1. The monoisotopic (exact) mass is 335 g/mol. The van der Waals surface area contributed by atoms with Gasteiger partial charge in [-0.3, -0.25) is 4.79 Å². The zero-order valence-electron chi connectivity index (χ0n) is 13.3. The second kappa shape index (κ2) is 5.59. The Balaban J connectivity index is 2.18. The average Bonchev–Trinajstić information content (AvgIpc) is 3.00. The van der Waals surface area contributed by atoms with Gasteiger partial charge in [-0.15, -0.1) is 0 Å². The number of carbonyl (C=O) groups excluding carboxylic acids is 1. The van der Waals surface area contributed by atoms with Crippen molar-refractivity contribution in [1.82, 2.24) is 9.97 Å². The number of amides is 1. The first-order valence-electron chi connectivity index (χ1n) is 7.63. The van der Waals surface area contributed by atoms with Crippen LogP contribution in [0.2, 0.25) is 0 Å². The van der Waals surface area contributed by atoms with Crippen LogP contribution < -0.4 is 10.5 Å². The zero-order valence-corrected chi connectivity index (χ0v) is 13.3. The number of aromatic amines is 1. The Bertz CT molecular complexity index is 1130. The molecule has 0 unspecified atom stereocenters. The second-order valence-electron chi connectivity index (χ2n) is 5.65. The number of benzene rings is 2. The maximum atomic E-state index is 14.4. The molecule has 0 bridgehead atoms. The number of H-pyrrole nitrogens is 1. The smallest absolute Gasteiger partial charge is 0.269 e. The lowest BCUT2D eigenvalue weighted by Crippen LogP contribution is -2.13. The standard InChI is InChI=1S/C19H14FN3O2/c1-25-10-6-7-15-12(8-10)16-13(11-4-2-3-5-14(11)20)9-22-18(19(21)24)17(16)23-15/h2-9,23H,1H3,(H2,21,24). The van der Waals surface area contributed by atoms with E-state index in [0.29, 0.717) is 27.8 Å². The first-order valence-corrected chi connectivity index (χ1v) is 7.63. The van der Waals surface area contributed by atoms with Crippen LogP contribution in [0.15, 0.2) is 48.7 Å². The fourth-order valence-electron chi connectivity index (χ4n) is 3.08. The highest BCUT2D eigenvalue weighted by Gasteiger charge is 2.19. The SMILES string of the molecule is COc1ccc2[nH]c3c(C(N)=O)ncc(-c4ccccc4F)c3c2c1. The van der Waals surface area contributed by atoms with Crippen LogP contribution in [0.25, 0.3) is 32.9 Å². The second-order valence-corrected chi connectivity index (χ2v) is 5.65. The van der Waals surface area contributed by atoms with Crippen LogP contribution in [0.5, 0.6) is 5.75 Å². The number of rotatable bonds is 3. The number of nitrogens with two attached hydrogens (primary N) is 1. The molecule has 0 aliphatic heterocycles. The third-order valence-electron chi connectivity index (χ3n) is 4.23. The van der Waals surface area contributed by atoms with Gasteiger partial charge in [0, 0.05) is 33.6 Å². The number of primary amides is 1. The van der Waals surface area contributed by atoms with Gasteiger partial charge >= 0.3 is 0 Å². The minimum atomic E-state index is -0.649. The summed E-state index contributed by atoms with van der Waals surface area (Å²) in [5.41, 5.74) is 7.82. The fraction of sp³-hybridized carbons (Fsp3) is 0.0526. The molecule has 124 valence electrons. The molecular formula is C19H14FN3O2. The summed E-state index contributed by atoms with van der Waals surface area (Å²) in [5, 5.41) is 1.49. The molecule has 0 radical (unpaired) electrons. The molecule has 6 heteroatoms. The lowest BCUT2D eigenvalue weighted by molar-refractivity contribution is 0.0997. The molecule has 0 saturated heterocycles. The number of pyridine rings is 1. The van der Waals surface area contributed by atoms with Gasteiger partial charge in [-0.05, 0) is 24.3 Å². The quantitative estimate of drug-likeness (QED) is 0.600. The number of aromatic nitrogens is 2. The maximum Gasteiger partial charge on any atom is 0.269 e. The van der Waals surface area contributed by atoms with Gasteiger partial charge in [0.25, 0.3) is 5.91 Å². The summed E-state index contributed by atoms with van der Waals surface area (Å²) in [6.45, 7) is 0. The molecule has 5 nitrogen and oxygen atoms in total. The number of carbonyl (C=O) groups is 1. The van der Waals surface area contributed by atoms with Crippen molar-refractivity contribution in [1.29, 1.82) is 0 Å². The number of hydrogen-bond acceptors (Lipinski definition) is 3. The van der Waals surface area contributed by atoms with E-state index in [4.69, 9.17) is 10.5 Å². The van der Waals surface area contributed by atoms with Gasteiger partial charge in [0.15, 0.2) is 5.69 Å². The molecule has 25 heavy (non-hydrogen) atoms. The third kappa shape index (κ3) is 2.30. The fourth-order valence-corrected chi connectivity index (χ4v) is 3.08. The summed E-state index contributed by atoms with van der Waals surface area (Å²) in [7, 11) is 1.57. The van der Waals surface area contributed by atoms with Crippen LogP contribution in [0.4, 0.5) is 4.39 Å². The summed E-state index contributed by atoms with van der Waals surface area (Å²) in [4.78, 5) is 19.1. The van der Waals surface area contributed by atoms with Gasteiger partial charge in [0.2, 0.25) is 0 Å².